The quantitative estimate of drug-likeness (QED) is 0.584. The average Bonchev–Trinajstić information content (AvgIpc) is 3.17. The fourth-order valence-corrected chi connectivity index (χ4v) is 2.57. The van der Waals surface area contributed by atoms with Crippen LogP contribution in [0.2, 0.25) is 5.02 Å². The van der Waals surface area contributed by atoms with Gasteiger partial charge in [0.05, 0.1) is 17.9 Å². The van der Waals surface area contributed by atoms with Crippen molar-refractivity contribution in [3.63, 3.8) is 0 Å². The van der Waals surface area contributed by atoms with Gasteiger partial charge < -0.3 is 4.40 Å². The number of benzene rings is 1. The molecular formula is C15H11ClN6. The number of pyridine rings is 1. The molecular weight excluding hydrogens is 300 g/mol. The van der Waals surface area contributed by atoms with Crippen molar-refractivity contribution in [1.29, 1.82) is 0 Å². The maximum atomic E-state index is 5.98. The monoisotopic (exact) mass is 310 g/mol. The minimum absolute atomic E-state index is 0.538. The molecule has 0 aliphatic carbocycles. The molecule has 0 atom stereocenters. The molecule has 0 N–H and O–H groups in total. The summed E-state index contributed by atoms with van der Waals surface area (Å²) in [4.78, 5) is 4.73. The Hall–Kier alpha value is -2.73. The summed E-state index contributed by atoms with van der Waals surface area (Å²) in [6, 6.07) is 13.6. The third-order valence-corrected chi connectivity index (χ3v) is 3.70. The SMILES string of the molecule is Clc1ccc(-c2nc3ccccn3c2Cn2cnnn2)cc1. The zero-order valence-electron chi connectivity index (χ0n) is 11.5. The third kappa shape index (κ3) is 2.23. The van der Waals surface area contributed by atoms with E-state index in [9.17, 15) is 0 Å². The molecule has 1 aromatic carbocycles. The molecule has 0 fully saturated rings. The van der Waals surface area contributed by atoms with Crippen molar-refractivity contribution in [3.8, 4) is 11.3 Å². The summed E-state index contributed by atoms with van der Waals surface area (Å²) in [5.41, 5.74) is 3.82. The van der Waals surface area contributed by atoms with Crippen LogP contribution in [-0.4, -0.2) is 29.6 Å². The predicted octanol–water partition coefficient (Wildman–Crippen LogP) is 2.69. The molecule has 0 saturated heterocycles. The normalized spacial score (nSPS) is 11.1. The van der Waals surface area contributed by atoms with Gasteiger partial charge in [-0.25, -0.2) is 9.67 Å². The molecule has 4 aromatic rings. The first-order valence-corrected chi connectivity index (χ1v) is 7.12. The van der Waals surface area contributed by atoms with Crippen molar-refractivity contribution in [1.82, 2.24) is 29.6 Å². The molecule has 22 heavy (non-hydrogen) atoms. The summed E-state index contributed by atoms with van der Waals surface area (Å²) < 4.78 is 3.72. The molecule has 0 aliphatic heterocycles. The van der Waals surface area contributed by atoms with Gasteiger partial charge in [-0.15, -0.1) is 5.10 Å². The molecule has 6 nitrogen and oxygen atoms in total. The van der Waals surface area contributed by atoms with E-state index in [0.717, 1.165) is 22.6 Å². The first-order valence-electron chi connectivity index (χ1n) is 6.74. The highest BCUT2D eigenvalue weighted by Crippen LogP contribution is 2.26. The Bertz CT molecular complexity index is 911. The van der Waals surface area contributed by atoms with Crippen LogP contribution in [0.3, 0.4) is 0 Å². The number of rotatable bonds is 3. The Labute approximate surface area is 131 Å². The van der Waals surface area contributed by atoms with Gasteiger partial charge in [0, 0.05) is 16.8 Å². The number of hydrogen-bond acceptors (Lipinski definition) is 4. The number of nitrogens with zero attached hydrogens (tertiary/aromatic N) is 6. The second kappa shape index (κ2) is 5.23. The van der Waals surface area contributed by atoms with Crippen LogP contribution in [0, 0.1) is 0 Å². The topological polar surface area (TPSA) is 60.9 Å². The zero-order chi connectivity index (χ0) is 14.9. The number of imidazole rings is 1. The first-order chi connectivity index (χ1) is 10.8. The van der Waals surface area contributed by atoms with Crippen molar-refractivity contribution < 1.29 is 0 Å². The molecule has 3 aromatic heterocycles. The van der Waals surface area contributed by atoms with E-state index in [2.05, 4.69) is 15.5 Å². The molecule has 7 heteroatoms. The van der Waals surface area contributed by atoms with Crippen molar-refractivity contribution in [2.24, 2.45) is 0 Å². The van der Waals surface area contributed by atoms with E-state index in [1.165, 1.54) is 0 Å². The summed E-state index contributed by atoms with van der Waals surface area (Å²) in [7, 11) is 0. The van der Waals surface area contributed by atoms with Crippen LogP contribution >= 0.6 is 11.6 Å². The lowest BCUT2D eigenvalue weighted by Gasteiger charge is -2.05. The van der Waals surface area contributed by atoms with E-state index >= 15 is 0 Å². The molecule has 0 unspecified atom stereocenters. The minimum atomic E-state index is 0.538. The predicted molar refractivity (Wildman–Crippen MR) is 82.6 cm³/mol. The van der Waals surface area contributed by atoms with Gasteiger partial charge in [0.1, 0.15) is 12.0 Å². The van der Waals surface area contributed by atoms with Crippen molar-refractivity contribution in [2.75, 3.05) is 0 Å². The summed E-state index contributed by atoms with van der Waals surface area (Å²) in [6.45, 7) is 0.538. The maximum absolute atomic E-state index is 5.98. The Balaban J connectivity index is 1.91. The number of halogens is 1. The Morgan fingerprint density at radius 1 is 1.05 bits per heavy atom. The largest absolute Gasteiger partial charge is 0.302 e. The molecule has 0 aliphatic rings. The van der Waals surface area contributed by atoms with Gasteiger partial charge in [-0.1, -0.05) is 29.8 Å². The lowest BCUT2D eigenvalue weighted by molar-refractivity contribution is 0.635. The van der Waals surface area contributed by atoms with Crippen LogP contribution in [0.4, 0.5) is 0 Å². The van der Waals surface area contributed by atoms with Crippen LogP contribution in [0.15, 0.2) is 55.0 Å². The highest BCUT2D eigenvalue weighted by atomic mass is 35.5. The lowest BCUT2D eigenvalue weighted by Crippen LogP contribution is -2.05. The minimum Gasteiger partial charge on any atom is -0.302 e. The van der Waals surface area contributed by atoms with E-state index in [4.69, 9.17) is 16.6 Å². The number of hydrogen-bond donors (Lipinski definition) is 0. The third-order valence-electron chi connectivity index (χ3n) is 3.45. The van der Waals surface area contributed by atoms with Crippen LogP contribution in [-0.2, 0) is 6.54 Å². The van der Waals surface area contributed by atoms with E-state index in [1.807, 2.05) is 53.1 Å². The van der Waals surface area contributed by atoms with Crippen molar-refractivity contribution in [3.05, 3.63) is 65.7 Å². The van der Waals surface area contributed by atoms with Gasteiger partial charge >= 0.3 is 0 Å². The molecule has 3 heterocycles. The number of tetrazole rings is 1. The second-order valence-electron chi connectivity index (χ2n) is 4.85. The van der Waals surface area contributed by atoms with Crippen molar-refractivity contribution in [2.45, 2.75) is 6.54 Å². The standard InChI is InChI=1S/C15H11ClN6/c16-12-6-4-11(5-7-12)15-13(9-21-10-17-19-20-21)22-8-2-1-3-14(22)18-15/h1-8,10H,9H2. The second-order valence-corrected chi connectivity index (χ2v) is 5.29. The Morgan fingerprint density at radius 2 is 1.91 bits per heavy atom. The van der Waals surface area contributed by atoms with E-state index in [-0.39, 0.29) is 0 Å². The van der Waals surface area contributed by atoms with Crippen LogP contribution < -0.4 is 0 Å². The van der Waals surface area contributed by atoms with Crippen LogP contribution in [0.1, 0.15) is 5.69 Å². The van der Waals surface area contributed by atoms with Gasteiger partial charge in [-0.2, -0.15) is 0 Å². The molecule has 0 spiro atoms. The first kappa shape index (κ1) is 13.0. The average molecular weight is 311 g/mol. The summed E-state index contributed by atoms with van der Waals surface area (Å²) in [6.07, 6.45) is 3.58. The smallest absolute Gasteiger partial charge is 0.138 e. The summed E-state index contributed by atoms with van der Waals surface area (Å²) in [5.74, 6) is 0. The summed E-state index contributed by atoms with van der Waals surface area (Å²) in [5, 5.41) is 12.0. The molecule has 0 radical (unpaired) electrons. The maximum Gasteiger partial charge on any atom is 0.138 e. The molecule has 4 rings (SSSR count). The Morgan fingerprint density at radius 3 is 2.68 bits per heavy atom. The van der Waals surface area contributed by atoms with Crippen LogP contribution in [0.25, 0.3) is 16.9 Å². The van der Waals surface area contributed by atoms with Crippen molar-refractivity contribution >= 4 is 17.2 Å². The number of aromatic nitrogens is 6. The molecule has 108 valence electrons. The van der Waals surface area contributed by atoms with Gasteiger partial charge in [0.15, 0.2) is 0 Å². The van der Waals surface area contributed by atoms with Gasteiger partial charge in [-0.05, 0) is 34.7 Å². The van der Waals surface area contributed by atoms with Gasteiger partial charge in [0.25, 0.3) is 0 Å². The molecule has 0 bridgehead atoms. The zero-order valence-corrected chi connectivity index (χ0v) is 12.2. The van der Waals surface area contributed by atoms with Crippen LogP contribution in [0.5, 0.6) is 0 Å². The lowest BCUT2D eigenvalue weighted by atomic mass is 10.1. The molecule has 0 amide bonds. The van der Waals surface area contributed by atoms with Gasteiger partial charge in [-0.3, -0.25) is 0 Å². The van der Waals surface area contributed by atoms with Gasteiger partial charge in [0.2, 0.25) is 0 Å². The summed E-state index contributed by atoms with van der Waals surface area (Å²) >= 11 is 5.98. The Kier molecular flexibility index (Phi) is 3.08. The number of fused-ring (bicyclic) bond motifs is 1. The highest BCUT2D eigenvalue weighted by Gasteiger charge is 2.14. The highest BCUT2D eigenvalue weighted by molar-refractivity contribution is 6.30. The fourth-order valence-electron chi connectivity index (χ4n) is 2.44. The molecule has 0 saturated carbocycles. The van der Waals surface area contributed by atoms with E-state index in [1.54, 1.807) is 11.0 Å². The fraction of sp³-hybridized carbons (Fsp3) is 0.0667. The van der Waals surface area contributed by atoms with E-state index < -0.39 is 0 Å². The van der Waals surface area contributed by atoms with E-state index in [0.29, 0.717) is 11.6 Å².